The molecule has 1 nitrogen and oxygen atoms in total. The highest BCUT2D eigenvalue weighted by Crippen LogP contribution is 2.53. The molecule has 0 saturated carbocycles. The van der Waals surface area contributed by atoms with Gasteiger partial charge in [0.15, 0.2) is 0 Å². The zero-order valence-electron chi connectivity index (χ0n) is 32.7. The fraction of sp³-hybridized carbons (Fsp3) is 0.0526. The molecule has 10 aromatic rings. The van der Waals surface area contributed by atoms with Gasteiger partial charge in [0.2, 0.25) is 0 Å². The van der Waals surface area contributed by atoms with Crippen LogP contribution in [0.5, 0.6) is 0 Å². The van der Waals surface area contributed by atoms with Gasteiger partial charge in [0.05, 0.1) is 5.69 Å². The van der Waals surface area contributed by atoms with Crippen LogP contribution in [-0.2, 0) is 5.41 Å². The van der Waals surface area contributed by atoms with E-state index in [0.29, 0.717) is 0 Å². The molecule has 0 unspecified atom stereocenters. The largest absolute Gasteiger partial charge is 0.310 e. The van der Waals surface area contributed by atoms with Crippen molar-refractivity contribution in [2.75, 3.05) is 4.90 Å². The molecule has 1 aliphatic rings. The lowest BCUT2D eigenvalue weighted by atomic mass is 9.82. The molecule has 0 bridgehead atoms. The van der Waals surface area contributed by atoms with E-state index in [1.807, 2.05) is 0 Å². The molecule has 0 fully saturated rings. The maximum absolute atomic E-state index is 2.44. The maximum atomic E-state index is 2.44. The molecule has 0 atom stereocenters. The van der Waals surface area contributed by atoms with Crippen LogP contribution in [0.25, 0.3) is 76.8 Å². The average molecular weight is 740 g/mol. The van der Waals surface area contributed by atoms with Crippen molar-refractivity contribution in [1.29, 1.82) is 0 Å². The highest BCUT2D eigenvalue weighted by molar-refractivity contribution is 6.10. The van der Waals surface area contributed by atoms with E-state index in [1.165, 1.54) is 88.0 Å². The fourth-order valence-electron chi connectivity index (χ4n) is 9.66. The monoisotopic (exact) mass is 739 g/mol. The van der Waals surface area contributed by atoms with Gasteiger partial charge in [0.1, 0.15) is 0 Å². The summed E-state index contributed by atoms with van der Waals surface area (Å²) in [5.74, 6) is 0. The lowest BCUT2D eigenvalue weighted by molar-refractivity contribution is 0.661. The third-order valence-corrected chi connectivity index (χ3v) is 12.5. The number of hydrogen-bond donors (Lipinski definition) is 0. The Balaban J connectivity index is 1.08. The van der Waals surface area contributed by atoms with E-state index in [4.69, 9.17) is 0 Å². The Bertz CT molecular complexity index is 3160. The van der Waals surface area contributed by atoms with Crippen LogP contribution in [0.15, 0.2) is 212 Å². The quantitative estimate of drug-likeness (QED) is 0.164. The van der Waals surface area contributed by atoms with Crippen molar-refractivity contribution in [3.8, 4) is 44.5 Å². The van der Waals surface area contributed by atoms with Crippen molar-refractivity contribution in [3.63, 3.8) is 0 Å². The second kappa shape index (κ2) is 13.5. The summed E-state index contributed by atoms with van der Waals surface area (Å²) >= 11 is 0. The van der Waals surface area contributed by atoms with Gasteiger partial charge in [0, 0.05) is 22.2 Å². The smallest absolute Gasteiger partial charge is 0.0540 e. The first-order valence-electron chi connectivity index (χ1n) is 20.3. The van der Waals surface area contributed by atoms with Crippen LogP contribution < -0.4 is 4.90 Å². The highest BCUT2D eigenvalue weighted by Gasteiger charge is 2.36. The molecule has 1 heteroatoms. The van der Waals surface area contributed by atoms with Crippen LogP contribution >= 0.6 is 0 Å². The van der Waals surface area contributed by atoms with Crippen LogP contribution in [0, 0.1) is 0 Å². The topological polar surface area (TPSA) is 3.24 Å². The molecular weight excluding hydrogens is 699 g/mol. The second-order valence-corrected chi connectivity index (χ2v) is 16.1. The summed E-state index contributed by atoms with van der Waals surface area (Å²) in [5, 5.41) is 7.55. The van der Waals surface area contributed by atoms with Gasteiger partial charge < -0.3 is 4.90 Å². The number of anilines is 3. The standard InChI is InChI=1S/C57H41N/c1-57(2)52-26-9-8-21-51(52)56-50-25-13-27-54(49(50)36-37-53(56)57)58(43-32-28-40(29-33-43)46-22-10-17-38-16-6-7-20-45(38)46)44-34-30-41(31-35-44)48-24-12-19-42-18-11-23-47(55(42)48)39-14-4-3-5-15-39/h3-37H,1-2H3. The molecule has 0 radical (unpaired) electrons. The van der Waals surface area contributed by atoms with Gasteiger partial charge in [-0.2, -0.15) is 0 Å². The SMILES string of the molecule is CC1(C)c2ccccc2-c2c1ccc1c(N(c3ccc(-c4cccc5ccccc45)cc3)c3ccc(-c4cccc5cccc(-c6ccccc6)c45)cc3)cccc21. The third kappa shape index (κ3) is 5.39. The van der Waals surface area contributed by atoms with E-state index < -0.39 is 0 Å². The van der Waals surface area contributed by atoms with Crippen LogP contribution in [0.1, 0.15) is 25.0 Å². The van der Waals surface area contributed by atoms with Crippen LogP contribution in [-0.4, -0.2) is 0 Å². The van der Waals surface area contributed by atoms with E-state index in [-0.39, 0.29) is 5.41 Å². The van der Waals surface area contributed by atoms with Crippen molar-refractivity contribution >= 4 is 49.4 Å². The predicted molar refractivity (Wildman–Crippen MR) is 248 cm³/mol. The number of hydrogen-bond acceptors (Lipinski definition) is 1. The molecule has 58 heavy (non-hydrogen) atoms. The Kier molecular flexibility index (Phi) is 7.91. The van der Waals surface area contributed by atoms with Gasteiger partial charge in [-0.3, -0.25) is 0 Å². The minimum atomic E-state index is -0.0644. The Morgan fingerprint density at radius 2 is 0.845 bits per heavy atom. The lowest BCUT2D eigenvalue weighted by Crippen LogP contribution is -2.15. The molecule has 1 aliphatic carbocycles. The van der Waals surface area contributed by atoms with E-state index in [2.05, 4.69) is 231 Å². The number of rotatable bonds is 6. The predicted octanol–water partition coefficient (Wildman–Crippen LogP) is 15.9. The van der Waals surface area contributed by atoms with Gasteiger partial charge >= 0.3 is 0 Å². The first-order valence-corrected chi connectivity index (χ1v) is 20.3. The van der Waals surface area contributed by atoms with Gasteiger partial charge in [-0.15, -0.1) is 0 Å². The van der Waals surface area contributed by atoms with Gasteiger partial charge in [-0.25, -0.2) is 0 Å². The highest BCUT2D eigenvalue weighted by atomic mass is 15.1. The van der Waals surface area contributed by atoms with Gasteiger partial charge in [-0.05, 0) is 113 Å². The van der Waals surface area contributed by atoms with Crippen LogP contribution in [0.3, 0.4) is 0 Å². The van der Waals surface area contributed by atoms with Crippen LogP contribution in [0.4, 0.5) is 17.1 Å². The first-order chi connectivity index (χ1) is 28.5. The molecule has 0 aliphatic heterocycles. The van der Waals surface area contributed by atoms with Crippen molar-refractivity contribution in [3.05, 3.63) is 223 Å². The molecule has 11 rings (SSSR count). The van der Waals surface area contributed by atoms with Crippen molar-refractivity contribution in [2.45, 2.75) is 19.3 Å². The summed E-state index contributed by atoms with van der Waals surface area (Å²) in [7, 11) is 0. The Morgan fingerprint density at radius 1 is 0.328 bits per heavy atom. The molecule has 274 valence electrons. The van der Waals surface area contributed by atoms with Crippen molar-refractivity contribution in [1.82, 2.24) is 0 Å². The van der Waals surface area contributed by atoms with Gasteiger partial charge in [-0.1, -0.05) is 196 Å². The van der Waals surface area contributed by atoms with Crippen LogP contribution in [0.2, 0.25) is 0 Å². The third-order valence-electron chi connectivity index (χ3n) is 12.5. The summed E-state index contributed by atoms with van der Waals surface area (Å²) < 4.78 is 0. The number of benzene rings is 10. The average Bonchev–Trinajstić information content (AvgIpc) is 3.52. The van der Waals surface area contributed by atoms with E-state index >= 15 is 0 Å². The Morgan fingerprint density at radius 3 is 1.57 bits per heavy atom. The summed E-state index contributed by atoms with van der Waals surface area (Å²) in [6.45, 7) is 4.72. The van der Waals surface area contributed by atoms with Gasteiger partial charge in [0.25, 0.3) is 0 Å². The van der Waals surface area contributed by atoms with E-state index in [9.17, 15) is 0 Å². The summed E-state index contributed by atoms with van der Waals surface area (Å²) in [6.07, 6.45) is 0. The summed E-state index contributed by atoms with van der Waals surface area (Å²) in [5.41, 5.74) is 16.1. The number of nitrogens with zero attached hydrogens (tertiary/aromatic N) is 1. The number of fused-ring (bicyclic) bond motifs is 7. The molecule has 0 saturated heterocycles. The molecule has 0 amide bonds. The Labute approximate surface area is 340 Å². The molecule has 0 spiro atoms. The fourth-order valence-corrected chi connectivity index (χ4v) is 9.66. The maximum Gasteiger partial charge on any atom is 0.0540 e. The molecular formula is C57H41N. The van der Waals surface area contributed by atoms with E-state index in [0.717, 1.165) is 17.1 Å². The zero-order valence-corrected chi connectivity index (χ0v) is 32.7. The van der Waals surface area contributed by atoms with E-state index in [1.54, 1.807) is 0 Å². The van der Waals surface area contributed by atoms with Crippen molar-refractivity contribution in [2.24, 2.45) is 0 Å². The minimum absolute atomic E-state index is 0.0644. The minimum Gasteiger partial charge on any atom is -0.310 e. The summed E-state index contributed by atoms with van der Waals surface area (Å²) in [6, 6.07) is 78.1. The molecule has 0 aromatic heterocycles. The molecule has 0 heterocycles. The molecule has 10 aromatic carbocycles. The zero-order chi connectivity index (χ0) is 38.8. The normalized spacial score (nSPS) is 12.8. The first kappa shape index (κ1) is 34.1. The Hall–Kier alpha value is -7.22. The second-order valence-electron chi connectivity index (χ2n) is 16.1. The summed E-state index contributed by atoms with van der Waals surface area (Å²) in [4.78, 5) is 2.44. The lowest BCUT2D eigenvalue weighted by Gasteiger charge is -2.28. The molecule has 0 N–H and O–H groups in total. The van der Waals surface area contributed by atoms with Crippen molar-refractivity contribution < 1.29 is 0 Å².